The Bertz CT molecular complexity index is 1010. The smallest absolute Gasteiger partial charge is 0.259 e. The maximum Gasteiger partial charge on any atom is 0.259 e. The number of aromatic nitrogens is 5. The van der Waals surface area contributed by atoms with Gasteiger partial charge in [-0.2, -0.15) is 21.8 Å². The molecule has 0 unspecified atom stereocenters. The van der Waals surface area contributed by atoms with Crippen molar-refractivity contribution in [1.29, 1.82) is 0 Å². The number of nitrogens with zero attached hydrogens (tertiary/aromatic N) is 6. The summed E-state index contributed by atoms with van der Waals surface area (Å²) < 4.78 is 7.06. The van der Waals surface area contributed by atoms with E-state index in [1.807, 2.05) is 56.5 Å². The summed E-state index contributed by atoms with van der Waals surface area (Å²) in [5.74, 6) is 3.72. The molecule has 9 heteroatoms. The lowest BCUT2D eigenvalue weighted by molar-refractivity contribution is 0.0771. The van der Waals surface area contributed by atoms with Gasteiger partial charge in [-0.1, -0.05) is 25.9 Å². The number of amides is 1. The van der Waals surface area contributed by atoms with Gasteiger partial charge < -0.3 is 9.42 Å². The topological polar surface area (TPSA) is 89.9 Å². The van der Waals surface area contributed by atoms with Gasteiger partial charge in [0.05, 0.1) is 23.0 Å². The SMILES string of the molecule is Cc1c(C(=O)N2CCSCC2)cnn1-c1ccc(-c2nc(C(C)(C)C)no2)cn1. The Morgan fingerprint density at radius 2 is 1.93 bits per heavy atom. The Hall–Kier alpha value is -2.68. The first-order valence-corrected chi connectivity index (χ1v) is 10.7. The van der Waals surface area contributed by atoms with Gasteiger partial charge >= 0.3 is 0 Å². The molecule has 152 valence electrons. The van der Waals surface area contributed by atoms with Crippen molar-refractivity contribution >= 4 is 17.7 Å². The average Bonchev–Trinajstić information content (AvgIpc) is 3.35. The van der Waals surface area contributed by atoms with E-state index in [0.717, 1.165) is 35.9 Å². The van der Waals surface area contributed by atoms with Crippen molar-refractivity contribution in [1.82, 2.24) is 29.8 Å². The number of hydrogen-bond acceptors (Lipinski definition) is 7. The lowest BCUT2D eigenvalue weighted by atomic mass is 9.96. The monoisotopic (exact) mass is 412 g/mol. The van der Waals surface area contributed by atoms with Gasteiger partial charge in [-0.25, -0.2) is 9.67 Å². The molecular formula is C20H24N6O2S. The highest BCUT2D eigenvalue weighted by Crippen LogP contribution is 2.24. The molecule has 8 nitrogen and oxygen atoms in total. The van der Waals surface area contributed by atoms with Gasteiger partial charge in [0.15, 0.2) is 11.6 Å². The highest BCUT2D eigenvalue weighted by atomic mass is 32.2. The minimum Gasteiger partial charge on any atom is -0.337 e. The van der Waals surface area contributed by atoms with Crippen molar-refractivity contribution in [3.63, 3.8) is 0 Å². The third kappa shape index (κ3) is 3.91. The molecule has 29 heavy (non-hydrogen) atoms. The second-order valence-electron chi connectivity index (χ2n) is 8.04. The van der Waals surface area contributed by atoms with E-state index in [0.29, 0.717) is 23.1 Å². The number of carbonyl (C=O) groups excluding carboxylic acids is 1. The van der Waals surface area contributed by atoms with Crippen molar-refractivity contribution < 1.29 is 9.32 Å². The molecule has 1 saturated heterocycles. The van der Waals surface area contributed by atoms with Gasteiger partial charge in [-0.3, -0.25) is 4.79 Å². The summed E-state index contributed by atoms with van der Waals surface area (Å²) in [6.45, 7) is 9.55. The highest BCUT2D eigenvalue weighted by Gasteiger charge is 2.24. The second kappa shape index (κ2) is 7.62. The molecule has 0 bridgehead atoms. The average molecular weight is 413 g/mol. The minimum atomic E-state index is -0.183. The van der Waals surface area contributed by atoms with E-state index in [-0.39, 0.29) is 11.3 Å². The molecule has 0 spiro atoms. The number of carbonyl (C=O) groups is 1. The van der Waals surface area contributed by atoms with E-state index in [9.17, 15) is 4.79 Å². The molecule has 0 atom stereocenters. The van der Waals surface area contributed by atoms with E-state index in [2.05, 4.69) is 20.2 Å². The van der Waals surface area contributed by atoms with Crippen molar-refractivity contribution in [2.45, 2.75) is 33.1 Å². The summed E-state index contributed by atoms with van der Waals surface area (Å²) in [6, 6.07) is 3.70. The van der Waals surface area contributed by atoms with Gasteiger partial charge in [0.25, 0.3) is 11.8 Å². The molecule has 0 saturated carbocycles. The van der Waals surface area contributed by atoms with Crippen LogP contribution in [0.1, 0.15) is 42.6 Å². The van der Waals surface area contributed by atoms with E-state index >= 15 is 0 Å². The largest absolute Gasteiger partial charge is 0.337 e. The molecule has 4 rings (SSSR count). The number of thioether (sulfide) groups is 1. The van der Waals surface area contributed by atoms with Crippen molar-refractivity contribution in [2.75, 3.05) is 24.6 Å². The summed E-state index contributed by atoms with van der Waals surface area (Å²) in [5, 5.41) is 8.44. The Balaban J connectivity index is 1.56. The van der Waals surface area contributed by atoms with Crippen LogP contribution in [0.2, 0.25) is 0 Å². The summed E-state index contributed by atoms with van der Waals surface area (Å²) in [4.78, 5) is 23.6. The van der Waals surface area contributed by atoms with Crippen LogP contribution in [0, 0.1) is 6.92 Å². The lowest BCUT2D eigenvalue weighted by Gasteiger charge is -2.26. The van der Waals surface area contributed by atoms with E-state index in [4.69, 9.17) is 4.52 Å². The highest BCUT2D eigenvalue weighted by molar-refractivity contribution is 7.99. The molecule has 3 aromatic rings. The molecule has 0 radical (unpaired) electrons. The van der Waals surface area contributed by atoms with Crippen molar-refractivity contribution in [2.24, 2.45) is 0 Å². The van der Waals surface area contributed by atoms with Gasteiger partial charge in [0.2, 0.25) is 0 Å². The summed E-state index contributed by atoms with van der Waals surface area (Å²) >= 11 is 1.88. The van der Waals surface area contributed by atoms with Crippen LogP contribution in [0.5, 0.6) is 0 Å². The van der Waals surface area contributed by atoms with Crippen LogP contribution in [-0.4, -0.2) is 60.3 Å². The zero-order valence-corrected chi connectivity index (χ0v) is 17.9. The molecule has 1 amide bonds. The second-order valence-corrected chi connectivity index (χ2v) is 9.26. The third-order valence-electron chi connectivity index (χ3n) is 4.85. The molecule has 1 aliphatic rings. The van der Waals surface area contributed by atoms with E-state index < -0.39 is 0 Å². The van der Waals surface area contributed by atoms with Crippen LogP contribution >= 0.6 is 11.8 Å². The molecule has 0 N–H and O–H groups in total. The van der Waals surface area contributed by atoms with Crippen LogP contribution in [0.4, 0.5) is 0 Å². The zero-order valence-electron chi connectivity index (χ0n) is 17.0. The van der Waals surface area contributed by atoms with E-state index in [1.165, 1.54) is 0 Å². The summed E-state index contributed by atoms with van der Waals surface area (Å²) in [6.07, 6.45) is 3.31. The number of rotatable bonds is 3. The quantitative estimate of drug-likeness (QED) is 0.653. The van der Waals surface area contributed by atoms with Crippen LogP contribution in [0.15, 0.2) is 29.0 Å². The predicted molar refractivity (Wildman–Crippen MR) is 111 cm³/mol. The Kier molecular flexibility index (Phi) is 5.16. The summed E-state index contributed by atoms with van der Waals surface area (Å²) in [5.41, 5.74) is 1.96. The molecular weight excluding hydrogens is 388 g/mol. The molecule has 0 aromatic carbocycles. The molecule has 4 heterocycles. The first kappa shape index (κ1) is 19.6. The Labute approximate surface area is 173 Å². The van der Waals surface area contributed by atoms with Gasteiger partial charge in [-0.05, 0) is 19.1 Å². The first-order valence-electron chi connectivity index (χ1n) is 9.57. The maximum atomic E-state index is 12.8. The van der Waals surface area contributed by atoms with Gasteiger partial charge in [-0.15, -0.1) is 0 Å². The van der Waals surface area contributed by atoms with Crippen LogP contribution in [0.25, 0.3) is 17.3 Å². The zero-order chi connectivity index (χ0) is 20.6. The third-order valence-corrected chi connectivity index (χ3v) is 5.79. The lowest BCUT2D eigenvalue weighted by Crippen LogP contribution is -2.38. The normalized spacial score (nSPS) is 15.0. The fraction of sp³-hybridized carbons (Fsp3) is 0.450. The fourth-order valence-electron chi connectivity index (χ4n) is 3.07. The van der Waals surface area contributed by atoms with Crippen LogP contribution < -0.4 is 0 Å². The summed E-state index contributed by atoms with van der Waals surface area (Å²) in [7, 11) is 0. The first-order chi connectivity index (χ1) is 13.8. The maximum absolute atomic E-state index is 12.8. The molecule has 3 aromatic heterocycles. The number of hydrogen-bond donors (Lipinski definition) is 0. The van der Waals surface area contributed by atoms with Crippen molar-refractivity contribution in [3.05, 3.63) is 41.6 Å². The van der Waals surface area contributed by atoms with Crippen LogP contribution in [0.3, 0.4) is 0 Å². The van der Waals surface area contributed by atoms with Crippen molar-refractivity contribution in [3.8, 4) is 17.3 Å². The van der Waals surface area contributed by atoms with E-state index in [1.54, 1.807) is 17.1 Å². The molecule has 1 aliphatic heterocycles. The Morgan fingerprint density at radius 3 is 2.55 bits per heavy atom. The molecule has 1 fully saturated rings. The van der Waals surface area contributed by atoms with Gasteiger partial charge in [0.1, 0.15) is 0 Å². The minimum absolute atomic E-state index is 0.0336. The number of pyridine rings is 1. The molecule has 0 aliphatic carbocycles. The van der Waals surface area contributed by atoms with Gasteiger partial charge in [0, 0.05) is 36.2 Å². The standard InChI is InChI=1S/C20H24N6O2S/c1-13-15(18(27)25-7-9-29-10-8-25)12-22-26(13)16-6-5-14(11-21-16)17-23-19(24-28-17)20(2,3)4/h5-6,11-12H,7-10H2,1-4H3. The predicted octanol–water partition coefficient (Wildman–Crippen LogP) is 3.11. The fourth-order valence-corrected chi connectivity index (χ4v) is 3.97. The Morgan fingerprint density at radius 1 is 1.17 bits per heavy atom. The van der Waals surface area contributed by atoms with Crippen LogP contribution in [-0.2, 0) is 5.41 Å².